The van der Waals surface area contributed by atoms with E-state index < -0.39 is 38.7 Å². The van der Waals surface area contributed by atoms with Crippen molar-refractivity contribution in [2.75, 3.05) is 17.2 Å². The first-order valence-electron chi connectivity index (χ1n) is 14.1. The van der Waals surface area contributed by atoms with Crippen LogP contribution >= 0.6 is 0 Å². The van der Waals surface area contributed by atoms with Crippen molar-refractivity contribution in [1.29, 1.82) is 0 Å². The van der Waals surface area contributed by atoms with Gasteiger partial charge in [0, 0.05) is 29.2 Å². The van der Waals surface area contributed by atoms with E-state index in [4.69, 9.17) is 21.2 Å². The molecule has 0 saturated carbocycles. The monoisotopic (exact) mass is 619 g/mol. The number of carbonyl (C=O) groups excluding carboxylic acids is 2. The quantitative estimate of drug-likeness (QED) is 0.292. The van der Waals surface area contributed by atoms with Gasteiger partial charge < -0.3 is 21.1 Å². The van der Waals surface area contributed by atoms with Crippen molar-refractivity contribution in [1.82, 2.24) is 19.3 Å². The molecule has 1 amide bonds. The number of fused-ring (bicyclic) bond motifs is 1. The molecule has 5 rings (SSSR count). The van der Waals surface area contributed by atoms with Crippen LogP contribution in [0.2, 0.25) is 0 Å². The minimum atomic E-state index is -4.37. The highest BCUT2D eigenvalue weighted by Gasteiger charge is 2.45. The van der Waals surface area contributed by atoms with Crippen molar-refractivity contribution >= 4 is 44.6 Å². The number of rotatable bonds is 5. The summed E-state index contributed by atoms with van der Waals surface area (Å²) < 4.78 is 35.6. The van der Waals surface area contributed by atoms with E-state index in [1.54, 1.807) is 26.8 Å². The lowest BCUT2D eigenvalue weighted by Crippen LogP contribution is -2.42. The predicted octanol–water partition coefficient (Wildman–Crippen LogP) is 4.29. The molecule has 12 nitrogen and oxygen atoms in total. The smallest absolute Gasteiger partial charge is 0.419 e. The normalized spacial score (nSPS) is 18.4. The average molecular weight is 620 g/mol. The number of aromatic nitrogens is 3. The maximum atomic E-state index is 13.7. The zero-order chi connectivity index (χ0) is 32.2. The molecular formula is C31H37N7O5S. The van der Waals surface area contributed by atoms with Crippen LogP contribution in [0.25, 0.3) is 22.3 Å². The third-order valence-electron chi connectivity index (χ3n) is 7.33. The molecule has 0 unspecified atom stereocenters. The highest BCUT2D eigenvalue weighted by atomic mass is 32.2. The lowest BCUT2D eigenvalue weighted by atomic mass is 9.93. The van der Waals surface area contributed by atoms with Gasteiger partial charge in [0.1, 0.15) is 22.1 Å². The summed E-state index contributed by atoms with van der Waals surface area (Å²) in [5, 5.41) is 0.787. The van der Waals surface area contributed by atoms with Crippen molar-refractivity contribution in [3.63, 3.8) is 0 Å². The molecule has 0 spiro atoms. The zero-order valence-electron chi connectivity index (χ0n) is 25.6. The first-order valence-corrected chi connectivity index (χ1v) is 15.6. The number of hydrogen-bond donors (Lipinski definition) is 3. The topological polar surface area (TPSA) is 176 Å². The van der Waals surface area contributed by atoms with Crippen LogP contribution in [0.5, 0.6) is 0 Å². The van der Waals surface area contributed by atoms with Crippen molar-refractivity contribution in [3.8, 4) is 11.4 Å². The Hall–Kier alpha value is -4.49. The Bertz CT molecular complexity index is 1890. The van der Waals surface area contributed by atoms with Crippen LogP contribution in [0.3, 0.4) is 0 Å². The number of ether oxygens (including phenoxy) is 1. The largest absolute Gasteiger partial charge is 0.443 e. The van der Waals surface area contributed by atoms with Gasteiger partial charge in [-0.25, -0.2) is 32.5 Å². The zero-order valence-corrected chi connectivity index (χ0v) is 26.4. The fourth-order valence-electron chi connectivity index (χ4n) is 5.76. The average Bonchev–Trinajstić information content (AvgIpc) is 3.40. The maximum absolute atomic E-state index is 13.7. The van der Waals surface area contributed by atoms with Crippen molar-refractivity contribution in [2.45, 2.75) is 69.5 Å². The molecule has 1 atom stereocenters. The van der Waals surface area contributed by atoms with Gasteiger partial charge in [-0.15, -0.1) is 0 Å². The molecule has 44 heavy (non-hydrogen) atoms. The number of anilines is 2. The standard InChI is InChI=1S/C31H37N7O5S/c1-29(2,3)43-28(40)38-22-11-8-7-10-19(22)16-23(38)21-14-13-20(26(35-21)37-18-31(6,33)17-30(37,4)5)27(39)36-44(41,42)24-12-9-15-34-25(24)32/h7-16H,17-18,33H2,1-6H3,(H2,32,34)(H,36,39)/t31-/m0/s1. The van der Waals surface area contributed by atoms with Gasteiger partial charge in [0.25, 0.3) is 15.9 Å². The summed E-state index contributed by atoms with van der Waals surface area (Å²) in [6.07, 6.45) is 1.35. The Balaban J connectivity index is 1.67. The van der Waals surface area contributed by atoms with E-state index in [-0.39, 0.29) is 22.1 Å². The number of pyridine rings is 2. The van der Waals surface area contributed by atoms with Crippen LogP contribution in [0.15, 0.2) is 65.7 Å². The molecule has 1 aliphatic rings. The third-order valence-corrected chi connectivity index (χ3v) is 8.71. The van der Waals surface area contributed by atoms with Gasteiger partial charge in [-0.2, -0.15) is 0 Å². The van der Waals surface area contributed by atoms with E-state index in [1.165, 1.54) is 29.0 Å². The van der Waals surface area contributed by atoms with E-state index in [2.05, 4.69) is 9.71 Å². The minimum Gasteiger partial charge on any atom is -0.443 e. The molecule has 1 fully saturated rings. The van der Waals surface area contributed by atoms with Gasteiger partial charge >= 0.3 is 6.09 Å². The van der Waals surface area contributed by atoms with Crippen LogP contribution in [0, 0.1) is 0 Å². The summed E-state index contributed by atoms with van der Waals surface area (Å²) in [6, 6.07) is 14.9. The SMILES string of the molecule is CC(C)(C)OC(=O)n1c(-c2ccc(C(=O)NS(=O)(=O)c3cccnc3N)c(N3C[C@@](C)(N)CC3(C)C)n2)cc2ccccc21. The van der Waals surface area contributed by atoms with Crippen LogP contribution in [0.1, 0.15) is 58.3 Å². The summed E-state index contributed by atoms with van der Waals surface area (Å²) in [6.45, 7) is 11.6. The number of amides is 1. The van der Waals surface area contributed by atoms with E-state index in [9.17, 15) is 18.0 Å². The second-order valence-corrected chi connectivity index (χ2v) is 14.7. The lowest BCUT2D eigenvalue weighted by Gasteiger charge is -2.33. The summed E-state index contributed by atoms with van der Waals surface area (Å²) in [5.74, 6) is -0.929. The van der Waals surface area contributed by atoms with Gasteiger partial charge in [0.05, 0.1) is 22.5 Å². The molecular weight excluding hydrogens is 582 g/mol. The van der Waals surface area contributed by atoms with Crippen molar-refractivity contribution in [2.24, 2.45) is 5.73 Å². The number of nitrogens with one attached hydrogen (secondary N) is 1. The molecule has 5 N–H and O–H groups in total. The van der Waals surface area contributed by atoms with Gasteiger partial charge in [-0.3, -0.25) is 4.79 Å². The first-order chi connectivity index (χ1) is 20.4. The Morgan fingerprint density at radius 1 is 1.05 bits per heavy atom. The fraction of sp³-hybridized carbons (Fsp3) is 0.355. The highest BCUT2D eigenvalue weighted by molar-refractivity contribution is 7.90. The van der Waals surface area contributed by atoms with Crippen LogP contribution in [-0.2, 0) is 14.8 Å². The second kappa shape index (κ2) is 10.6. The molecule has 1 aliphatic heterocycles. The van der Waals surface area contributed by atoms with Crippen molar-refractivity contribution < 1.29 is 22.7 Å². The molecule has 0 bridgehead atoms. The van der Waals surface area contributed by atoms with Gasteiger partial charge in [0.2, 0.25) is 0 Å². The number of nitrogens with two attached hydrogens (primary N) is 2. The molecule has 4 heterocycles. The van der Waals surface area contributed by atoms with E-state index >= 15 is 0 Å². The number of sulfonamides is 1. The molecule has 1 saturated heterocycles. The highest BCUT2D eigenvalue weighted by Crippen LogP contribution is 2.40. The van der Waals surface area contributed by atoms with E-state index in [1.807, 2.05) is 56.0 Å². The molecule has 1 aromatic carbocycles. The van der Waals surface area contributed by atoms with Crippen LogP contribution in [-0.4, -0.2) is 58.2 Å². The Labute approximate surface area is 256 Å². The lowest BCUT2D eigenvalue weighted by molar-refractivity contribution is 0.0547. The van der Waals surface area contributed by atoms with Gasteiger partial charge in [-0.05, 0) is 84.4 Å². The molecule has 232 valence electrons. The number of carbonyl (C=O) groups is 2. The Morgan fingerprint density at radius 3 is 2.39 bits per heavy atom. The van der Waals surface area contributed by atoms with Crippen LogP contribution < -0.4 is 21.1 Å². The maximum Gasteiger partial charge on any atom is 0.419 e. The summed E-state index contributed by atoms with van der Waals surface area (Å²) in [4.78, 5) is 37.5. The predicted molar refractivity (Wildman–Crippen MR) is 169 cm³/mol. The Morgan fingerprint density at radius 2 is 1.75 bits per heavy atom. The summed E-state index contributed by atoms with van der Waals surface area (Å²) in [5.41, 5.74) is 11.9. The number of nitrogens with zero attached hydrogens (tertiary/aromatic N) is 4. The van der Waals surface area contributed by atoms with E-state index in [0.29, 0.717) is 29.9 Å². The second-order valence-electron chi connectivity index (χ2n) is 13.0. The molecule has 13 heteroatoms. The molecule has 0 aliphatic carbocycles. The van der Waals surface area contributed by atoms with Crippen molar-refractivity contribution in [3.05, 3.63) is 66.4 Å². The first kappa shape index (κ1) is 31.0. The van der Waals surface area contributed by atoms with Gasteiger partial charge in [-0.1, -0.05) is 18.2 Å². The summed E-state index contributed by atoms with van der Waals surface area (Å²) >= 11 is 0. The molecule has 0 radical (unpaired) electrons. The summed E-state index contributed by atoms with van der Waals surface area (Å²) in [7, 11) is -4.37. The van der Waals surface area contributed by atoms with Gasteiger partial charge in [0.15, 0.2) is 0 Å². The molecule has 4 aromatic rings. The van der Waals surface area contributed by atoms with E-state index in [0.717, 1.165) is 5.39 Å². The Kier molecular flexibility index (Phi) is 7.45. The third kappa shape index (κ3) is 5.97. The number of para-hydroxylation sites is 1. The minimum absolute atomic E-state index is 0.00508. The number of nitrogen functional groups attached to an aromatic ring is 1. The van der Waals surface area contributed by atoms with Crippen LogP contribution in [0.4, 0.5) is 16.4 Å². The number of hydrogen-bond acceptors (Lipinski definition) is 10. The molecule has 3 aromatic heterocycles. The number of benzene rings is 1. The fourth-order valence-corrected chi connectivity index (χ4v) is 6.81.